The number of fused-ring (bicyclic) bond motifs is 1. The quantitative estimate of drug-likeness (QED) is 0.135. The number of hydrogen-bond acceptors (Lipinski definition) is 4. The van der Waals surface area contributed by atoms with E-state index < -0.39 is 0 Å². The van der Waals surface area contributed by atoms with Gasteiger partial charge >= 0.3 is 0 Å². The second kappa shape index (κ2) is 12.6. The van der Waals surface area contributed by atoms with Gasteiger partial charge in [0.05, 0.1) is 5.76 Å². The van der Waals surface area contributed by atoms with Gasteiger partial charge in [0.1, 0.15) is 11.3 Å². The van der Waals surface area contributed by atoms with Crippen LogP contribution >= 0.6 is 0 Å². The summed E-state index contributed by atoms with van der Waals surface area (Å²) in [4.78, 5) is 14.6. The second-order valence-electron chi connectivity index (χ2n) is 9.09. The van der Waals surface area contributed by atoms with Crippen molar-refractivity contribution in [3.05, 3.63) is 89.8 Å². The van der Waals surface area contributed by atoms with Gasteiger partial charge in [0, 0.05) is 43.3 Å². The number of aromatic nitrogens is 1. The van der Waals surface area contributed by atoms with E-state index in [-0.39, 0.29) is 31.6 Å². The summed E-state index contributed by atoms with van der Waals surface area (Å²) in [6, 6.07) is 22.0. The molecule has 0 atom stereocenters. The molecule has 0 fully saturated rings. The minimum absolute atomic E-state index is 0. The Balaban J connectivity index is 0.000000476. The molecule has 0 aliphatic rings. The zero-order valence-electron chi connectivity index (χ0n) is 21.0. The molecule has 4 aromatic rings. The van der Waals surface area contributed by atoms with E-state index in [1.165, 1.54) is 31.1 Å². The molecule has 2 aromatic heterocycles. The van der Waals surface area contributed by atoms with Gasteiger partial charge in [0.25, 0.3) is 0 Å². The van der Waals surface area contributed by atoms with Crippen LogP contribution in [0.15, 0.2) is 77.0 Å². The zero-order valence-corrected chi connectivity index (χ0v) is 23.4. The normalized spacial score (nSPS) is 11.3. The van der Waals surface area contributed by atoms with Crippen LogP contribution in [0.3, 0.4) is 0 Å². The van der Waals surface area contributed by atoms with Crippen LogP contribution in [0, 0.1) is 6.07 Å². The van der Waals surface area contributed by atoms with E-state index in [0.717, 1.165) is 33.6 Å². The number of pyridine rings is 1. The molecule has 0 saturated heterocycles. The number of carbonyl (C=O) groups is 1. The molecular weight excluding hydrogens is 615 g/mol. The number of rotatable bonds is 5. The molecule has 4 nitrogen and oxygen atoms in total. The van der Waals surface area contributed by atoms with Gasteiger partial charge in [-0.2, -0.15) is 0 Å². The van der Waals surface area contributed by atoms with Crippen LogP contribution in [0.4, 0.5) is 0 Å². The van der Waals surface area contributed by atoms with Crippen molar-refractivity contribution in [2.24, 2.45) is 0 Å². The molecule has 35 heavy (non-hydrogen) atoms. The maximum absolute atomic E-state index is 10.0. The van der Waals surface area contributed by atoms with E-state index >= 15 is 0 Å². The number of allylic oxidation sites excluding steroid dienone is 2. The second-order valence-corrected chi connectivity index (χ2v) is 9.09. The van der Waals surface area contributed by atoms with Gasteiger partial charge < -0.3 is 14.5 Å². The van der Waals surface area contributed by atoms with E-state index in [2.05, 4.69) is 63.0 Å². The van der Waals surface area contributed by atoms with E-state index in [1.54, 1.807) is 0 Å². The molecule has 0 bridgehead atoms. The molecule has 1 N–H and O–H groups in total. The van der Waals surface area contributed by atoms with Crippen LogP contribution in [0.5, 0.6) is 0 Å². The smallest absolute Gasteiger partial charge is 0.155 e. The molecule has 0 amide bonds. The number of aliphatic hydroxyl groups excluding tert-OH is 1. The Bertz CT molecular complexity index is 1270. The molecule has 0 aliphatic carbocycles. The van der Waals surface area contributed by atoms with Crippen molar-refractivity contribution in [1.29, 1.82) is 0 Å². The van der Waals surface area contributed by atoms with Crippen LogP contribution in [0.2, 0.25) is 0 Å². The van der Waals surface area contributed by atoms with Crippen molar-refractivity contribution in [2.45, 2.75) is 53.4 Å². The van der Waals surface area contributed by atoms with Gasteiger partial charge in [0.15, 0.2) is 5.78 Å². The summed E-state index contributed by atoms with van der Waals surface area (Å²) in [5, 5.41) is 9.38. The summed E-state index contributed by atoms with van der Waals surface area (Å²) in [5.74, 6) is 1.79. The molecule has 5 heteroatoms. The third kappa shape index (κ3) is 7.74. The minimum Gasteiger partial charge on any atom is -0.512 e. The largest absolute Gasteiger partial charge is 0.512 e. The molecule has 0 spiro atoms. The monoisotopic (exact) mass is 647 g/mol. The molecule has 0 saturated carbocycles. The Morgan fingerprint density at radius 3 is 2.14 bits per heavy atom. The van der Waals surface area contributed by atoms with Crippen LogP contribution < -0.4 is 0 Å². The fraction of sp³-hybridized carbons (Fsp3) is 0.267. The average Bonchev–Trinajstić information content (AvgIpc) is 3.22. The van der Waals surface area contributed by atoms with Crippen molar-refractivity contribution in [3.8, 4) is 22.6 Å². The van der Waals surface area contributed by atoms with Gasteiger partial charge in [-0.25, -0.2) is 0 Å². The van der Waals surface area contributed by atoms with Crippen LogP contribution in [0.25, 0.3) is 33.6 Å². The van der Waals surface area contributed by atoms with Gasteiger partial charge in [-0.05, 0) is 66.8 Å². The molecule has 185 valence electrons. The maximum Gasteiger partial charge on any atom is 0.155 e. The van der Waals surface area contributed by atoms with Gasteiger partial charge in [-0.1, -0.05) is 33.8 Å². The summed E-state index contributed by atoms with van der Waals surface area (Å²) in [7, 11) is 0. The number of furan rings is 1. The van der Waals surface area contributed by atoms with Crippen molar-refractivity contribution >= 4 is 16.8 Å². The van der Waals surface area contributed by atoms with Gasteiger partial charge in [0.2, 0.25) is 0 Å². The van der Waals surface area contributed by atoms with Gasteiger partial charge in [-0.15, -0.1) is 35.9 Å². The van der Waals surface area contributed by atoms with Crippen molar-refractivity contribution < 1.29 is 34.4 Å². The van der Waals surface area contributed by atoms with E-state index in [9.17, 15) is 4.79 Å². The minimum atomic E-state index is -0.125. The standard InChI is InChI=1S/C25H24NO.C5H8O2.Ir/c1-16(2)19-10-20(17(3)4)12-21(11-19)24-13-22-15-26-23(14-25(22)27-24)18-8-6-5-7-9-18;1-4(6)3-5(2)7;/h5-8,10-17H,1-4H3;3,6H,1-2H3;/q-1;;/b;4-3-;. The van der Waals surface area contributed by atoms with E-state index in [0.29, 0.717) is 11.8 Å². The number of benzene rings is 2. The van der Waals surface area contributed by atoms with Crippen molar-refractivity contribution in [1.82, 2.24) is 4.98 Å². The van der Waals surface area contributed by atoms with Crippen LogP contribution in [-0.2, 0) is 24.9 Å². The molecule has 2 aromatic carbocycles. The maximum atomic E-state index is 10.0. The van der Waals surface area contributed by atoms with Crippen molar-refractivity contribution in [3.63, 3.8) is 0 Å². The molecule has 4 rings (SSSR count). The fourth-order valence-electron chi connectivity index (χ4n) is 3.56. The SMILES string of the molecule is CC(=O)/C=C(/C)O.CC(C)c1cc(-c2cc3cnc(-c4[c-]cccc4)cc3o2)cc(C(C)C)c1.[Ir]. The Morgan fingerprint density at radius 1 is 1.00 bits per heavy atom. The number of carbonyl (C=O) groups excluding carboxylic acids is 1. The Kier molecular flexibility index (Phi) is 10.2. The Labute approximate surface area is 221 Å². The predicted molar refractivity (Wildman–Crippen MR) is 139 cm³/mol. The van der Waals surface area contributed by atoms with Crippen LogP contribution in [-0.4, -0.2) is 15.9 Å². The summed E-state index contributed by atoms with van der Waals surface area (Å²) < 4.78 is 6.23. The first-order chi connectivity index (χ1) is 16.1. The Hall–Kier alpha value is -3.01. The molecule has 0 aliphatic heterocycles. The molecule has 1 radical (unpaired) electrons. The fourth-order valence-corrected chi connectivity index (χ4v) is 3.56. The first kappa shape index (κ1) is 28.2. The zero-order chi connectivity index (χ0) is 24.8. The summed E-state index contributed by atoms with van der Waals surface area (Å²) in [5.41, 5.74) is 6.52. The van der Waals surface area contributed by atoms with E-state index in [4.69, 9.17) is 9.52 Å². The summed E-state index contributed by atoms with van der Waals surface area (Å²) in [6.07, 6.45) is 3.05. The first-order valence-electron chi connectivity index (χ1n) is 11.5. The molecular formula is C30H32IrNO3-. The first-order valence-corrected chi connectivity index (χ1v) is 11.5. The van der Waals surface area contributed by atoms with Crippen LogP contribution in [0.1, 0.15) is 64.5 Å². The number of hydrogen-bond donors (Lipinski definition) is 1. The van der Waals surface area contributed by atoms with Gasteiger partial charge in [-0.3, -0.25) is 4.79 Å². The number of nitrogens with zero attached hydrogens (tertiary/aromatic N) is 1. The Morgan fingerprint density at radius 2 is 1.66 bits per heavy atom. The topological polar surface area (TPSA) is 63.3 Å². The third-order valence-electron chi connectivity index (χ3n) is 5.39. The third-order valence-corrected chi connectivity index (χ3v) is 5.39. The van der Waals surface area contributed by atoms with E-state index in [1.807, 2.05) is 36.5 Å². The molecule has 2 heterocycles. The molecule has 0 unspecified atom stereocenters. The number of ketones is 1. The number of aliphatic hydroxyl groups is 1. The summed E-state index contributed by atoms with van der Waals surface area (Å²) in [6.45, 7) is 11.8. The predicted octanol–water partition coefficient (Wildman–Crippen LogP) is 8.24. The van der Waals surface area contributed by atoms with Crippen molar-refractivity contribution in [2.75, 3.05) is 0 Å². The summed E-state index contributed by atoms with van der Waals surface area (Å²) >= 11 is 0. The average molecular weight is 647 g/mol.